The average molecular weight is 254 g/mol. The number of carbonyl (C=O) groups excluding carboxylic acids is 1. The fraction of sp³-hybridized carbons (Fsp3) is 0.308. The molecule has 17 heavy (non-hydrogen) atoms. The predicted octanol–water partition coefficient (Wildman–Crippen LogP) is 2.89. The standard InChI is InChI=1S/C13H16ClNO2/c1-9(2)15-12(16)8-7-10-5-4-6-11(17-3)13(10)14/h4-9H,1-3H3,(H,15,16)/b8-7+. The molecule has 3 nitrogen and oxygen atoms in total. The van der Waals surface area contributed by atoms with E-state index in [0.717, 1.165) is 5.56 Å². The number of ether oxygens (including phenoxy) is 1. The Balaban J connectivity index is 2.81. The first-order valence-electron chi connectivity index (χ1n) is 5.35. The van der Waals surface area contributed by atoms with Crippen LogP contribution in [-0.4, -0.2) is 19.1 Å². The lowest BCUT2D eigenvalue weighted by molar-refractivity contribution is -0.116. The van der Waals surface area contributed by atoms with Crippen LogP contribution in [0.15, 0.2) is 24.3 Å². The molecule has 1 aromatic rings. The van der Waals surface area contributed by atoms with Crippen LogP contribution in [0.1, 0.15) is 19.4 Å². The van der Waals surface area contributed by atoms with Gasteiger partial charge in [0, 0.05) is 12.1 Å². The van der Waals surface area contributed by atoms with Crippen molar-refractivity contribution in [2.24, 2.45) is 0 Å². The summed E-state index contributed by atoms with van der Waals surface area (Å²) in [6.07, 6.45) is 3.13. The smallest absolute Gasteiger partial charge is 0.244 e. The average Bonchev–Trinajstić information content (AvgIpc) is 2.27. The first kappa shape index (κ1) is 13.6. The van der Waals surface area contributed by atoms with E-state index in [4.69, 9.17) is 16.3 Å². The van der Waals surface area contributed by atoms with E-state index in [1.165, 1.54) is 6.08 Å². The van der Waals surface area contributed by atoms with Crippen molar-refractivity contribution in [1.82, 2.24) is 5.32 Å². The van der Waals surface area contributed by atoms with Crippen LogP contribution >= 0.6 is 11.6 Å². The number of carbonyl (C=O) groups is 1. The highest BCUT2D eigenvalue weighted by Gasteiger charge is 2.04. The zero-order chi connectivity index (χ0) is 12.8. The van der Waals surface area contributed by atoms with Gasteiger partial charge in [-0.3, -0.25) is 4.79 Å². The van der Waals surface area contributed by atoms with Gasteiger partial charge in [-0.15, -0.1) is 0 Å². The molecule has 0 unspecified atom stereocenters. The maximum atomic E-state index is 11.4. The van der Waals surface area contributed by atoms with Crippen LogP contribution in [-0.2, 0) is 4.79 Å². The summed E-state index contributed by atoms with van der Waals surface area (Å²) in [6.45, 7) is 3.81. The number of amides is 1. The Morgan fingerprint density at radius 2 is 2.18 bits per heavy atom. The Morgan fingerprint density at radius 3 is 2.76 bits per heavy atom. The van der Waals surface area contributed by atoms with Crippen molar-refractivity contribution in [3.63, 3.8) is 0 Å². The maximum Gasteiger partial charge on any atom is 0.244 e. The van der Waals surface area contributed by atoms with E-state index in [1.54, 1.807) is 19.3 Å². The molecule has 0 radical (unpaired) electrons. The third-order valence-electron chi connectivity index (χ3n) is 2.06. The molecule has 1 rings (SSSR count). The van der Waals surface area contributed by atoms with Gasteiger partial charge in [-0.25, -0.2) is 0 Å². The maximum absolute atomic E-state index is 11.4. The second-order valence-corrected chi connectivity index (χ2v) is 4.24. The molecule has 0 fully saturated rings. The van der Waals surface area contributed by atoms with Crippen molar-refractivity contribution in [2.45, 2.75) is 19.9 Å². The minimum atomic E-state index is -0.140. The zero-order valence-corrected chi connectivity index (χ0v) is 10.9. The molecule has 0 aliphatic rings. The predicted molar refractivity (Wildman–Crippen MR) is 70.3 cm³/mol. The molecule has 1 aromatic carbocycles. The number of methoxy groups -OCH3 is 1. The van der Waals surface area contributed by atoms with Gasteiger partial charge in [0.1, 0.15) is 5.75 Å². The highest BCUT2D eigenvalue weighted by Crippen LogP contribution is 2.28. The van der Waals surface area contributed by atoms with Crippen LogP contribution in [0.2, 0.25) is 5.02 Å². The lowest BCUT2D eigenvalue weighted by Crippen LogP contribution is -2.28. The largest absolute Gasteiger partial charge is 0.495 e. The summed E-state index contributed by atoms with van der Waals surface area (Å²) < 4.78 is 5.09. The minimum absolute atomic E-state index is 0.118. The van der Waals surface area contributed by atoms with Crippen molar-refractivity contribution in [1.29, 1.82) is 0 Å². The molecule has 0 spiro atoms. The lowest BCUT2D eigenvalue weighted by Gasteiger charge is -2.06. The number of benzene rings is 1. The quantitative estimate of drug-likeness (QED) is 0.838. The summed E-state index contributed by atoms with van der Waals surface area (Å²) in [4.78, 5) is 11.4. The lowest BCUT2D eigenvalue weighted by atomic mass is 10.2. The molecule has 0 bridgehead atoms. The number of hydrogen-bond donors (Lipinski definition) is 1. The Hall–Kier alpha value is -1.48. The molecule has 0 aliphatic carbocycles. The minimum Gasteiger partial charge on any atom is -0.495 e. The molecule has 0 aromatic heterocycles. The summed E-state index contributed by atoms with van der Waals surface area (Å²) in [5.74, 6) is 0.456. The molecule has 0 atom stereocenters. The van der Waals surface area contributed by atoms with Gasteiger partial charge in [0.2, 0.25) is 5.91 Å². The van der Waals surface area contributed by atoms with E-state index in [2.05, 4.69) is 5.32 Å². The Bertz CT molecular complexity index is 427. The van der Waals surface area contributed by atoms with Crippen molar-refractivity contribution in [3.05, 3.63) is 34.9 Å². The van der Waals surface area contributed by atoms with Gasteiger partial charge < -0.3 is 10.1 Å². The SMILES string of the molecule is COc1cccc(/C=C/C(=O)NC(C)C)c1Cl. The molecule has 4 heteroatoms. The van der Waals surface area contributed by atoms with E-state index in [-0.39, 0.29) is 11.9 Å². The Kier molecular flexibility index (Phi) is 5.04. The van der Waals surface area contributed by atoms with E-state index in [0.29, 0.717) is 10.8 Å². The number of rotatable bonds is 4. The van der Waals surface area contributed by atoms with Crippen LogP contribution in [0.3, 0.4) is 0 Å². The van der Waals surface area contributed by atoms with Crippen LogP contribution < -0.4 is 10.1 Å². The third-order valence-corrected chi connectivity index (χ3v) is 2.46. The zero-order valence-electron chi connectivity index (χ0n) is 10.2. The van der Waals surface area contributed by atoms with E-state index >= 15 is 0 Å². The Labute approximate surface area is 106 Å². The van der Waals surface area contributed by atoms with Gasteiger partial charge in [-0.05, 0) is 31.6 Å². The molecular formula is C13H16ClNO2. The fourth-order valence-corrected chi connectivity index (χ4v) is 1.58. The van der Waals surface area contributed by atoms with Gasteiger partial charge in [0.05, 0.1) is 12.1 Å². The molecule has 92 valence electrons. The number of hydrogen-bond acceptors (Lipinski definition) is 2. The van der Waals surface area contributed by atoms with Crippen LogP contribution in [0.5, 0.6) is 5.75 Å². The Morgan fingerprint density at radius 1 is 1.47 bits per heavy atom. The first-order chi connectivity index (χ1) is 8.04. The van der Waals surface area contributed by atoms with Gasteiger partial charge >= 0.3 is 0 Å². The highest BCUT2D eigenvalue weighted by molar-refractivity contribution is 6.33. The summed E-state index contributed by atoms with van der Waals surface area (Å²) in [6, 6.07) is 5.54. The first-order valence-corrected chi connectivity index (χ1v) is 5.73. The molecule has 0 saturated heterocycles. The van der Waals surface area contributed by atoms with E-state index in [1.807, 2.05) is 26.0 Å². The van der Waals surface area contributed by atoms with Gasteiger partial charge in [0.15, 0.2) is 0 Å². The second kappa shape index (κ2) is 6.30. The summed E-state index contributed by atoms with van der Waals surface area (Å²) in [5, 5.41) is 3.26. The molecule has 0 aliphatic heterocycles. The fourth-order valence-electron chi connectivity index (χ4n) is 1.31. The van der Waals surface area contributed by atoms with Crippen molar-refractivity contribution in [2.75, 3.05) is 7.11 Å². The normalized spacial score (nSPS) is 10.9. The highest BCUT2D eigenvalue weighted by atomic mass is 35.5. The van der Waals surface area contributed by atoms with Gasteiger partial charge in [-0.2, -0.15) is 0 Å². The molecule has 0 heterocycles. The summed E-state index contributed by atoms with van der Waals surface area (Å²) >= 11 is 6.09. The third kappa shape index (κ3) is 4.11. The monoisotopic (exact) mass is 253 g/mol. The topological polar surface area (TPSA) is 38.3 Å². The second-order valence-electron chi connectivity index (χ2n) is 3.86. The van der Waals surface area contributed by atoms with E-state index < -0.39 is 0 Å². The van der Waals surface area contributed by atoms with E-state index in [9.17, 15) is 4.79 Å². The molecular weight excluding hydrogens is 238 g/mol. The van der Waals surface area contributed by atoms with Crippen LogP contribution in [0.25, 0.3) is 6.08 Å². The number of halogens is 1. The molecule has 1 amide bonds. The van der Waals surface area contributed by atoms with Gasteiger partial charge in [-0.1, -0.05) is 23.7 Å². The van der Waals surface area contributed by atoms with Crippen LogP contribution in [0, 0.1) is 0 Å². The van der Waals surface area contributed by atoms with Crippen LogP contribution in [0.4, 0.5) is 0 Å². The summed E-state index contributed by atoms with van der Waals surface area (Å²) in [7, 11) is 1.56. The number of nitrogens with one attached hydrogen (secondary N) is 1. The molecule has 0 saturated carbocycles. The van der Waals surface area contributed by atoms with Crippen molar-refractivity contribution in [3.8, 4) is 5.75 Å². The summed E-state index contributed by atoms with van der Waals surface area (Å²) in [5.41, 5.74) is 0.755. The van der Waals surface area contributed by atoms with Crippen molar-refractivity contribution < 1.29 is 9.53 Å². The molecule has 1 N–H and O–H groups in total. The van der Waals surface area contributed by atoms with Gasteiger partial charge in [0.25, 0.3) is 0 Å². The van der Waals surface area contributed by atoms with Crippen molar-refractivity contribution >= 4 is 23.6 Å².